The van der Waals surface area contributed by atoms with E-state index in [1.807, 2.05) is 38.1 Å². The van der Waals surface area contributed by atoms with Crippen LogP contribution in [0.5, 0.6) is 0 Å². The number of amides is 1. The number of fused-ring (bicyclic) bond motifs is 1. The minimum absolute atomic E-state index is 0.105. The number of carbonyl (C=O) groups is 1. The van der Waals surface area contributed by atoms with E-state index < -0.39 is 0 Å². The first-order valence-electron chi connectivity index (χ1n) is 8.48. The lowest BCUT2D eigenvalue weighted by Crippen LogP contribution is -2.26. The minimum Gasteiger partial charge on any atom is -0.337 e. The standard InChI is InChI=1S/C20H21N3O2S/c1-4-23-19(25)16-10-9-15(11-17(16)21-20(23)26)18(24)22(3)12-14-7-5-13(2)6-8-14/h5-11H,4,12H2,1-3H3,(H,21,26). The van der Waals surface area contributed by atoms with Gasteiger partial charge in [0.2, 0.25) is 0 Å². The van der Waals surface area contributed by atoms with Crippen LogP contribution in [0.15, 0.2) is 47.3 Å². The highest BCUT2D eigenvalue weighted by Gasteiger charge is 2.14. The fourth-order valence-electron chi connectivity index (χ4n) is 2.93. The third kappa shape index (κ3) is 3.46. The molecule has 1 heterocycles. The Labute approximate surface area is 156 Å². The molecular formula is C20H21N3O2S. The van der Waals surface area contributed by atoms with E-state index >= 15 is 0 Å². The molecule has 0 spiro atoms. The van der Waals surface area contributed by atoms with Crippen LogP contribution in [0.4, 0.5) is 0 Å². The molecule has 1 N–H and O–H groups in total. The Morgan fingerprint density at radius 1 is 1.19 bits per heavy atom. The smallest absolute Gasteiger partial charge is 0.262 e. The highest BCUT2D eigenvalue weighted by molar-refractivity contribution is 7.71. The number of carbonyl (C=O) groups excluding carboxylic acids is 1. The van der Waals surface area contributed by atoms with E-state index in [1.54, 1.807) is 30.1 Å². The first-order chi connectivity index (χ1) is 12.4. The SMILES string of the molecule is CCn1c(=S)[nH]c2cc(C(=O)N(C)Cc3ccc(C)cc3)ccc2c1=O. The molecule has 1 amide bonds. The molecule has 0 radical (unpaired) electrons. The maximum atomic E-state index is 12.8. The van der Waals surface area contributed by atoms with E-state index in [0.29, 0.717) is 34.3 Å². The Bertz CT molecular complexity index is 1080. The summed E-state index contributed by atoms with van der Waals surface area (Å²) in [5, 5.41) is 0.526. The fraction of sp³-hybridized carbons (Fsp3) is 0.250. The van der Waals surface area contributed by atoms with Gasteiger partial charge in [0.05, 0.1) is 10.9 Å². The second kappa shape index (κ2) is 7.25. The third-order valence-electron chi connectivity index (χ3n) is 4.43. The molecule has 0 bridgehead atoms. The van der Waals surface area contributed by atoms with Crippen molar-refractivity contribution in [3.8, 4) is 0 Å². The summed E-state index contributed by atoms with van der Waals surface area (Å²) in [6, 6.07) is 13.2. The lowest BCUT2D eigenvalue weighted by molar-refractivity contribution is 0.0785. The van der Waals surface area contributed by atoms with Crippen LogP contribution in [0.1, 0.15) is 28.4 Å². The molecule has 0 atom stereocenters. The molecule has 3 aromatic rings. The van der Waals surface area contributed by atoms with Crippen molar-refractivity contribution in [3.63, 3.8) is 0 Å². The van der Waals surface area contributed by atoms with E-state index in [2.05, 4.69) is 4.98 Å². The van der Waals surface area contributed by atoms with Gasteiger partial charge in [-0.05, 0) is 49.8 Å². The summed E-state index contributed by atoms with van der Waals surface area (Å²) in [7, 11) is 1.77. The summed E-state index contributed by atoms with van der Waals surface area (Å²) in [5.41, 5.74) is 3.21. The minimum atomic E-state index is -0.141. The quantitative estimate of drug-likeness (QED) is 0.716. The number of aromatic nitrogens is 2. The molecule has 5 nitrogen and oxygen atoms in total. The van der Waals surface area contributed by atoms with E-state index in [0.717, 1.165) is 5.56 Å². The number of benzene rings is 2. The van der Waals surface area contributed by atoms with Gasteiger partial charge in [0.25, 0.3) is 11.5 Å². The lowest BCUT2D eigenvalue weighted by Gasteiger charge is -2.18. The van der Waals surface area contributed by atoms with Crippen molar-refractivity contribution >= 4 is 29.0 Å². The molecule has 1 aromatic heterocycles. The fourth-order valence-corrected chi connectivity index (χ4v) is 3.26. The van der Waals surface area contributed by atoms with Crippen molar-refractivity contribution in [2.24, 2.45) is 0 Å². The normalized spacial score (nSPS) is 10.9. The molecule has 0 saturated heterocycles. The van der Waals surface area contributed by atoms with E-state index in [1.165, 1.54) is 10.1 Å². The van der Waals surface area contributed by atoms with Crippen molar-refractivity contribution in [2.45, 2.75) is 26.9 Å². The molecule has 0 aliphatic carbocycles. The van der Waals surface area contributed by atoms with Crippen molar-refractivity contribution < 1.29 is 4.79 Å². The van der Waals surface area contributed by atoms with Crippen LogP contribution in [0.25, 0.3) is 10.9 Å². The van der Waals surface area contributed by atoms with Gasteiger partial charge >= 0.3 is 0 Å². The maximum Gasteiger partial charge on any atom is 0.262 e. The summed E-state index contributed by atoms with van der Waals surface area (Å²) in [5.74, 6) is -0.105. The predicted molar refractivity (Wildman–Crippen MR) is 106 cm³/mol. The second-order valence-electron chi connectivity index (χ2n) is 6.39. The van der Waals surface area contributed by atoms with Crippen LogP contribution in [0, 0.1) is 11.7 Å². The number of hydrogen-bond donors (Lipinski definition) is 1. The third-order valence-corrected chi connectivity index (χ3v) is 4.75. The molecular weight excluding hydrogens is 346 g/mol. The Balaban J connectivity index is 1.92. The summed E-state index contributed by atoms with van der Waals surface area (Å²) >= 11 is 5.24. The Hall–Kier alpha value is -2.73. The van der Waals surface area contributed by atoms with Gasteiger partial charge in [-0.15, -0.1) is 0 Å². The van der Waals surface area contributed by atoms with Gasteiger partial charge < -0.3 is 9.88 Å². The van der Waals surface area contributed by atoms with Crippen molar-refractivity contribution in [1.29, 1.82) is 0 Å². The zero-order valence-electron chi connectivity index (χ0n) is 15.1. The van der Waals surface area contributed by atoms with Crippen LogP contribution < -0.4 is 5.56 Å². The van der Waals surface area contributed by atoms with Gasteiger partial charge in [0.1, 0.15) is 0 Å². The summed E-state index contributed by atoms with van der Waals surface area (Å²) in [6.07, 6.45) is 0. The molecule has 0 fully saturated rings. The van der Waals surface area contributed by atoms with Crippen LogP contribution >= 0.6 is 12.2 Å². The molecule has 3 rings (SSSR count). The van der Waals surface area contributed by atoms with Crippen LogP contribution in [-0.2, 0) is 13.1 Å². The highest BCUT2D eigenvalue weighted by Crippen LogP contribution is 2.14. The Morgan fingerprint density at radius 3 is 2.54 bits per heavy atom. The molecule has 0 aliphatic heterocycles. The number of nitrogens with zero attached hydrogens (tertiary/aromatic N) is 2. The molecule has 0 unspecified atom stereocenters. The van der Waals surface area contributed by atoms with Crippen LogP contribution in [0.2, 0.25) is 0 Å². The first-order valence-corrected chi connectivity index (χ1v) is 8.89. The van der Waals surface area contributed by atoms with Gasteiger partial charge in [-0.2, -0.15) is 0 Å². The van der Waals surface area contributed by atoms with Gasteiger partial charge in [-0.25, -0.2) is 0 Å². The average Bonchev–Trinajstić information content (AvgIpc) is 2.62. The number of rotatable bonds is 4. The highest BCUT2D eigenvalue weighted by atomic mass is 32.1. The number of nitrogens with one attached hydrogen (secondary N) is 1. The summed E-state index contributed by atoms with van der Waals surface area (Å²) in [4.78, 5) is 29.9. The largest absolute Gasteiger partial charge is 0.337 e. The van der Waals surface area contributed by atoms with Crippen molar-refractivity contribution in [3.05, 3.63) is 74.3 Å². The van der Waals surface area contributed by atoms with Crippen LogP contribution in [-0.4, -0.2) is 27.4 Å². The number of aryl methyl sites for hydroxylation is 1. The molecule has 26 heavy (non-hydrogen) atoms. The van der Waals surface area contributed by atoms with Gasteiger partial charge in [0.15, 0.2) is 4.77 Å². The van der Waals surface area contributed by atoms with E-state index in [4.69, 9.17) is 12.2 Å². The summed E-state index contributed by atoms with van der Waals surface area (Å²) in [6.45, 7) is 4.92. The molecule has 2 aromatic carbocycles. The maximum absolute atomic E-state index is 12.8. The van der Waals surface area contributed by atoms with Gasteiger partial charge in [-0.3, -0.25) is 14.2 Å². The van der Waals surface area contributed by atoms with E-state index in [9.17, 15) is 9.59 Å². The zero-order chi connectivity index (χ0) is 18.8. The molecule has 134 valence electrons. The van der Waals surface area contributed by atoms with Crippen molar-refractivity contribution in [1.82, 2.24) is 14.5 Å². The number of hydrogen-bond acceptors (Lipinski definition) is 3. The Kier molecular flexibility index (Phi) is 5.04. The topological polar surface area (TPSA) is 58.1 Å². The molecule has 6 heteroatoms. The average molecular weight is 367 g/mol. The van der Waals surface area contributed by atoms with Crippen LogP contribution in [0.3, 0.4) is 0 Å². The Morgan fingerprint density at radius 2 is 1.88 bits per heavy atom. The first kappa shape index (κ1) is 18.1. The monoisotopic (exact) mass is 367 g/mol. The van der Waals surface area contributed by atoms with Crippen molar-refractivity contribution in [2.75, 3.05) is 7.05 Å². The number of H-pyrrole nitrogens is 1. The van der Waals surface area contributed by atoms with E-state index in [-0.39, 0.29) is 11.5 Å². The molecule has 0 saturated carbocycles. The van der Waals surface area contributed by atoms with Gasteiger partial charge in [0, 0.05) is 25.7 Å². The second-order valence-corrected chi connectivity index (χ2v) is 6.77. The molecule has 0 aliphatic rings. The van der Waals surface area contributed by atoms with Gasteiger partial charge in [-0.1, -0.05) is 29.8 Å². The zero-order valence-corrected chi connectivity index (χ0v) is 15.9. The summed E-state index contributed by atoms with van der Waals surface area (Å²) < 4.78 is 1.87. The predicted octanol–water partition coefficient (Wildman–Crippen LogP) is 3.66. The number of aromatic amines is 1. The lowest BCUT2D eigenvalue weighted by atomic mass is 10.1.